The molecule has 0 unspecified atom stereocenters. The molecule has 0 atom stereocenters. The number of hydrogen-bond acceptors (Lipinski definition) is 7. The molecule has 0 spiro atoms. The van der Waals surface area contributed by atoms with Gasteiger partial charge in [0, 0.05) is 5.56 Å². The van der Waals surface area contributed by atoms with Crippen LogP contribution < -0.4 is 11.1 Å². The Labute approximate surface area is 156 Å². The summed E-state index contributed by atoms with van der Waals surface area (Å²) in [5.74, 6) is -6.37. The SMILES string of the molecule is N=C(CNC(=O)c1cn(CC(F)(F)C(N)=O)nn1)SC(=N)c1ccccc1. The first-order chi connectivity index (χ1) is 12.7. The van der Waals surface area contributed by atoms with Crippen LogP contribution in [0.4, 0.5) is 8.78 Å². The number of rotatable bonds is 7. The lowest BCUT2D eigenvalue weighted by Gasteiger charge is -2.10. The highest BCUT2D eigenvalue weighted by Gasteiger charge is 2.37. The number of carbonyl (C=O) groups excluding carboxylic acids is 2. The third-order valence-electron chi connectivity index (χ3n) is 3.16. The molecule has 0 aliphatic heterocycles. The molecule has 1 heterocycles. The molecule has 0 aliphatic rings. The number of amides is 2. The molecule has 5 N–H and O–H groups in total. The van der Waals surface area contributed by atoms with Crippen LogP contribution >= 0.6 is 11.8 Å². The zero-order chi connectivity index (χ0) is 20.0. The minimum atomic E-state index is -3.82. The van der Waals surface area contributed by atoms with Gasteiger partial charge in [-0.15, -0.1) is 5.10 Å². The fourth-order valence-electron chi connectivity index (χ4n) is 1.82. The van der Waals surface area contributed by atoms with Gasteiger partial charge in [-0.3, -0.25) is 20.4 Å². The standard InChI is InChI=1S/C15H15F2N7O2S/c16-15(17,14(20)26)8-24-7-10(22-23-24)13(25)21-6-11(18)27-12(19)9-4-2-1-3-5-9/h1-5,7,18-19H,6,8H2,(H2,20,26)(H,21,25). The first-order valence-electron chi connectivity index (χ1n) is 7.44. The molecule has 0 radical (unpaired) electrons. The van der Waals surface area contributed by atoms with Crippen LogP contribution in [0.15, 0.2) is 36.5 Å². The third kappa shape index (κ3) is 5.67. The minimum absolute atomic E-state index is 0.00450. The number of carbonyl (C=O) groups is 2. The molecule has 2 rings (SSSR count). The van der Waals surface area contributed by atoms with Crippen LogP contribution in [0.3, 0.4) is 0 Å². The lowest BCUT2D eigenvalue weighted by atomic mass is 10.2. The molecule has 12 heteroatoms. The van der Waals surface area contributed by atoms with E-state index in [0.717, 1.165) is 18.0 Å². The van der Waals surface area contributed by atoms with Crippen LogP contribution in [-0.4, -0.2) is 49.4 Å². The smallest absolute Gasteiger partial charge is 0.343 e. The number of hydrogen-bond donors (Lipinski definition) is 4. The van der Waals surface area contributed by atoms with Crippen molar-refractivity contribution in [1.82, 2.24) is 20.3 Å². The van der Waals surface area contributed by atoms with Gasteiger partial charge in [-0.1, -0.05) is 47.3 Å². The van der Waals surface area contributed by atoms with E-state index in [4.69, 9.17) is 10.8 Å². The van der Waals surface area contributed by atoms with Crippen LogP contribution in [0.1, 0.15) is 16.1 Å². The number of nitrogens with one attached hydrogen (secondary N) is 3. The zero-order valence-electron chi connectivity index (χ0n) is 13.8. The van der Waals surface area contributed by atoms with Crippen LogP contribution in [0.5, 0.6) is 0 Å². The Morgan fingerprint density at radius 3 is 2.56 bits per heavy atom. The summed E-state index contributed by atoms with van der Waals surface area (Å²) in [6.07, 6.45) is 0.939. The molecule has 0 aliphatic carbocycles. The number of alkyl halides is 2. The number of aromatic nitrogens is 3. The molecule has 27 heavy (non-hydrogen) atoms. The van der Waals surface area contributed by atoms with E-state index in [0.29, 0.717) is 10.2 Å². The highest BCUT2D eigenvalue weighted by molar-refractivity contribution is 8.26. The number of nitrogens with zero attached hydrogens (tertiary/aromatic N) is 3. The quantitative estimate of drug-likeness (QED) is 0.405. The number of halogens is 2. The van der Waals surface area contributed by atoms with E-state index in [1.165, 1.54) is 0 Å². The average Bonchev–Trinajstić information content (AvgIpc) is 3.08. The Bertz CT molecular complexity index is 870. The molecule has 0 bridgehead atoms. The van der Waals surface area contributed by atoms with Crippen molar-refractivity contribution in [3.8, 4) is 0 Å². The fraction of sp³-hybridized carbons (Fsp3) is 0.200. The van der Waals surface area contributed by atoms with E-state index in [1.807, 2.05) is 0 Å². The molecular formula is C15H15F2N7O2S. The van der Waals surface area contributed by atoms with Gasteiger partial charge in [0.05, 0.1) is 17.8 Å². The second-order valence-electron chi connectivity index (χ2n) is 5.27. The predicted octanol–water partition coefficient (Wildman–Crippen LogP) is 0.865. The molecule has 2 aromatic rings. The highest BCUT2D eigenvalue weighted by atomic mass is 32.2. The summed E-state index contributed by atoms with van der Waals surface area (Å²) in [6, 6.07) is 8.78. The summed E-state index contributed by atoms with van der Waals surface area (Å²) < 4.78 is 27.1. The van der Waals surface area contributed by atoms with Crippen molar-refractivity contribution in [3.63, 3.8) is 0 Å². The molecule has 0 fully saturated rings. The maximum absolute atomic E-state index is 13.2. The van der Waals surface area contributed by atoms with Crippen LogP contribution in [0, 0.1) is 10.8 Å². The number of primary amides is 1. The van der Waals surface area contributed by atoms with Crippen LogP contribution in [0.25, 0.3) is 0 Å². The largest absolute Gasteiger partial charge is 0.364 e. The van der Waals surface area contributed by atoms with Gasteiger partial charge >= 0.3 is 5.92 Å². The Morgan fingerprint density at radius 1 is 1.26 bits per heavy atom. The van der Waals surface area contributed by atoms with E-state index in [1.54, 1.807) is 30.3 Å². The van der Waals surface area contributed by atoms with Gasteiger partial charge < -0.3 is 11.1 Å². The second kappa shape index (κ2) is 8.49. The van der Waals surface area contributed by atoms with E-state index >= 15 is 0 Å². The molecule has 2 amide bonds. The molecule has 0 saturated heterocycles. The van der Waals surface area contributed by atoms with E-state index in [-0.39, 0.29) is 22.3 Å². The molecule has 1 aromatic carbocycles. The Morgan fingerprint density at radius 2 is 1.93 bits per heavy atom. The van der Waals surface area contributed by atoms with Crippen molar-refractivity contribution in [2.45, 2.75) is 12.5 Å². The average molecular weight is 395 g/mol. The van der Waals surface area contributed by atoms with Crippen molar-refractivity contribution >= 4 is 33.7 Å². The molecule has 0 saturated carbocycles. The number of thioether (sulfide) groups is 1. The number of benzene rings is 1. The van der Waals surface area contributed by atoms with Crippen molar-refractivity contribution < 1.29 is 18.4 Å². The first kappa shape index (κ1) is 20.2. The van der Waals surface area contributed by atoms with Gasteiger partial charge in [-0.25, -0.2) is 4.68 Å². The van der Waals surface area contributed by atoms with Gasteiger partial charge in [0.25, 0.3) is 11.8 Å². The summed E-state index contributed by atoms with van der Waals surface area (Å²) in [7, 11) is 0. The normalized spacial score (nSPS) is 11.0. The number of nitrogens with two attached hydrogens (primary N) is 1. The zero-order valence-corrected chi connectivity index (χ0v) is 14.6. The summed E-state index contributed by atoms with van der Waals surface area (Å²) in [4.78, 5) is 22.6. The van der Waals surface area contributed by atoms with Gasteiger partial charge in [0.2, 0.25) is 0 Å². The van der Waals surface area contributed by atoms with Gasteiger partial charge in [-0.05, 0) is 0 Å². The van der Waals surface area contributed by atoms with E-state index < -0.39 is 24.3 Å². The highest BCUT2D eigenvalue weighted by Crippen LogP contribution is 2.15. The molecule has 142 valence electrons. The first-order valence-corrected chi connectivity index (χ1v) is 8.26. The second-order valence-corrected chi connectivity index (χ2v) is 6.38. The van der Waals surface area contributed by atoms with Crippen LogP contribution in [0.2, 0.25) is 0 Å². The maximum Gasteiger partial charge on any atom is 0.343 e. The summed E-state index contributed by atoms with van der Waals surface area (Å²) in [6.45, 7) is -1.31. The van der Waals surface area contributed by atoms with Gasteiger partial charge in [0.1, 0.15) is 11.6 Å². The van der Waals surface area contributed by atoms with Crippen LogP contribution in [-0.2, 0) is 11.3 Å². The molecule has 1 aromatic heterocycles. The molecular weight excluding hydrogens is 380 g/mol. The van der Waals surface area contributed by atoms with Gasteiger partial charge in [-0.2, -0.15) is 8.78 Å². The monoisotopic (exact) mass is 395 g/mol. The van der Waals surface area contributed by atoms with E-state index in [9.17, 15) is 18.4 Å². The van der Waals surface area contributed by atoms with Crippen molar-refractivity contribution in [1.29, 1.82) is 10.8 Å². The summed E-state index contributed by atoms with van der Waals surface area (Å²) >= 11 is 0.866. The van der Waals surface area contributed by atoms with Gasteiger partial charge in [0.15, 0.2) is 5.69 Å². The Hall–Kier alpha value is -3.15. The topological polar surface area (TPSA) is 151 Å². The summed E-state index contributed by atoms with van der Waals surface area (Å²) in [5, 5.41) is 25.0. The lowest BCUT2D eigenvalue weighted by Crippen LogP contribution is -2.39. The van der Waals surface area contributed by atoms with E-state index in [2.05, 4.69) is 21.4 Å². The van der Waals surface area contributed by atoms with Crippen molar-refractivity contribution in [3.05, 3.63) is 47.8 Å². The van der Waals surface area contributed by atoms with Crippen molar-refractivity contribution in [2.75, 3.05) is 6.54 Å². The third-order valence-corrected chi connectivity index (χ3v) is 3.99. The predicted molar refractivity (Wildman–Crippen MR) is 95.1 cm³/mol. The van der Waals surface area contributed by atoms with Crippen molar-refractivity contribution in [2.24, 2.45) is 5.73 Å². The lowest BCUT2D eigenvalue weighted by molar-refractivity contribution is -0.144. The minimum Gasteiger partial charge on any atom is -0.364 e. The summed E-state index contributed by atoms with van der Waals surface area (Å²) in [5.41, 5.74) is 4.95. The maximum atomic E-state index is 13.2. The molecule has 9 nitrogen and oxygen atoms in total. The fourth-order valence-corrected chi connectivity index (χ4v) is 2.46. The Kier molecular flexibility index (Phi) is 6.34. The Balaban J connectivity index is 1.86.